The summed E-state index contributed by atoms with van der Waals surface area (Å²) in [6.07, 6.45) is 5.07. The molecule has 100 valence electrons. The van der Waals surface area contributed by atoms with Crippen LogP contribution in [0.15, 0.2) is 24.5 Å². The minimum atomic E-state index is 0.167. The number of aromatic nitrogens is 2. The van der Waals surface area contributed by atoms with Gasteiger partial charge < -0.3 is 15.2 Å². The van der Waals surface area contributed by atoms with Gasteiger partial charge in [-0.25, -0.2) is 9.97 Å². The molecule has 0 radical (unpaired) electrons. The smallest absolute Gasteiger partial charge is 0.224 e. The van der Waals surface area contributed by atoms with E-state index in [1.807, 2.05) is 18.2 Å². The van der Waals surface area contributed by atoms with Crippen LogP contribution in [0, 0.1) is 0 Å². The van der Waals surface area contributed by atoms with Crippen molar-refractivity contribution in [2.45, 2.75) is 25.4 Å². The Morgan fingerprint density at radius 3 is 3.11 bits per heavy atom. The number of nitrogens with two attached hydrogens (primary N) is 1. The molecule has 1 atom stereocenters. The Labute approximate surface area is 111 Å². The third-order valence-corrected chi connectivity index (χ3v) is 3.30. The van der Waals surface area contributed by atoms with E-state index in [4.69, 9.17) is 15.2 Å². The number of hydrogen-bond acceptors (Lipinski definition) is 5. The molecule has 0 saturated carbocycles. The van der Waals surface area contributed by atoms with Gasteiger partial charge in [-0.1, -0.05) is 0 Å². The third kappa shape index (κ3) is 2.76. The van der Waals surface area contributed by atoms with E-state index in [0.29, 0.717) is 18.2 Å². The zero-order valence-corrected chi connectivity index (χ0v) is 10.7. The van der Waals surface area contributed by atoms with Gasteiger partial charge in [0.25, 0.3) is 0 Å². The highest BCUT2D eigenvalue weighted by molar-refractivity contribution is 5.86. The summed E-state index contributed by atoms with van der Waals surface area (Å²) in [7, 11) is 0. The van der Waals surface area contributed by atoms with E-state index in [9.17, 15) is 0 Å². The second-order valence-corrected chi connectivity index (χ2v) is 4.75. The Morgan fingerprint density at radius 1 is 1.32 bits per heavy atom. The minimum Gasteiger partial charge on any atom is -0.474 e. The van der Waals surface area contributed by atoms with Gasteiger partial charge in [-0.05, 0) is 37.5 Å². The topological polar surface area (TPSA) is 70.3 Å². The van der Waals surface area contributed by atoms with E-state index in [2.05, 4.69) is 9.97 Å². The van der Waals surface area contributed by atoms with Crippen molar-refractivity contribution in [1.29, 1.82) is 0 Å². The van der Waals surface area contributed by atoms with E-state index in [1.54, 1.807) is 0 Å². The lowest BCUT2D eigenvalue weighted by Crippen LogP contribution is -2.26. The predicted octanol–water partition coefficient (Wildman–Crippen LogP) is 2.16. The van der Waals surface area contributed by atoms with Crippen LogP contribution in [0.5, 0.6) is 5.88 Å². The molecule has 1 aromatic carbocycles. The van der Waals surface area contributed by atoms with Crippen LogP contribution < -0.4 is 10.5 Å². The van der Waals surface area contributed by atoms with E-state index < -0.39 is 0 Å². The monoisotopic (exact) mass is 259 g/mol. The number of nitrogens with zero attached hydrogens (tertiary/aromatic N) is 2. The number of nitrogen functional groups attached to an aromatic ring is 1. The number of ether oxygens (including phenoxy) is 2. The zero-order chi connectivity index (χ0) is 13.1. The average molecular weight is 259 g/mol. The third-order valence-electron chi connectivity index (χ3n) is 3.30. The summed E-state index contributed by atoms with van der Waals surface area (Å²) in [5.74, 6) is 0.575. The molecule has 0 spiro atoms. The van der Waals surface area contributed by atoms with Crippen LogP contribution in [-0.2, 0) is 4.74 Å². The molecule has 2 heterocycles. The predicted molar refractivity (Wildman–Crippen MR) is 73.0 cm³/mol. The molecule has 1 saturated heterocycles. The van der Waals surface area contributed by atoms with Crippen molar-refractivity contribution in [3.05, 3.63) is 24.5 Å². The highest BCUT2D eigenvalue weighted by atomic mass is 16.5. The summed E-state index contributed by atoms with van der Waals surface area (Å²) in [5, 5.41) is 0.846. The van der Waals surface area contributed by atoms with Crippen molar-refractivity contribution in [3.8, 4) is 5.88 Å². The van der Waals surface area contributed by atoms with Crippen LogP contribution in [0.1, 0.15) is 19.3 Å². The van der Waals surface area contributed by atoms with Gasteiger partial charge >= 0.3 is 0 Å². The van der Waals surface area contributed by atoms with Gasteiger partial charge in [-0.3, -0.25) is 0 Å². The number of fused-ring (bicyclic) bond motifs is 1. The SMILES string of the molecule is Nc1ccc2ncnc(OCC3CCCCO3)c2c1. The van der Waals surface area contributed by atoms with Crippen LogP contribution >= 0.6 is 0 Å². The fraction of sp³-hybridized carbons (Fsp3) is 0.429. The first-order chi connectivity index (χ1) is 9.33. The fourth-order valence-corrected chi connectivity index (χ4v) is 2.28. The van der Waals surface area contributed by atoms with Crippen molar-refractivity contribution < 1.29 is 9.47 Å². The first-order valence-electron chi connectivity index (χ1n) is 6.57. The molecule has 19 heavy (non-hydrogen) atoms. The van der Waals surface area contributed by atoms with E-state index in [0.717, 1.165) is 30.4 Å². The summed E-state index contributed by atoms with van der Waals surface area (Å²) in [6, 6.07) is 5.53. The second-order valence-electron chi connectivity index (χ2n) is 4.75. The van der Waals surface area contributed by atoms with Gasteiger partial charge in [-0.15, -0.1) is 0 Å². The second kappa shape index (κ2) is 5.40. The Kier molecular flexibility index (Phi) is 3.46. The normalized spacial score (nSPS) is 19.5. The molecule has 1 fully saturated rings. The van der Waals surface area contributed by atoms with Gasteiger partial charge in [0, 0.05) is 12.3 Å². The van der Waals surface area contributed by atoms with Crippen LogP contribution in [-0.4, -0.2) is 29.3 Å². The van der Waals surface area contributed by atoms with Gasteiger partial charge in [0.2, 0.25) is 5.88 Å². The van der Waals surface area contributed by atoms with Gasteiger partial charge in [0.1, 0.15) is 12.9 Å². The highest BCUT2D eigenvalue weighted by Crippen LogP contribution is 2.24. The van der Waals surface area contributed by atoms with E-state index in [-0.39, 0.29) is 6.10 Å². The van der Waals surface area contributed by atoms with Crippen LogP contribution in [0.2, 0.25) is 0 Å². The molecule has 1 aromatic heterocycles. The number of hydrogen-bond donors (Lipinski definition) is 1. The lowest BCUT2D eigenvalue weighted by Gasteiger charge is -2.22. The maximum absolute atomic E-state index is 5.80. The van der Waals surface area contributed by atoms with Crippen molar-refractivity contribution in [2.24, 2.45) is 0 Å². The van der Waals surface area contributed by atoms with Crippen molar-refractivity contribution in [1.82, 2.24) is 9.97 Å². The van der Waals surface area contributed by atoms with Gasteiger partial charge in [0.15, 0.2) is 0 Å². The molecule has 1 aliphatic heterocycles. The van der Waals surface area contributed by atoms with Crippen LogP contribution in [0.3, 0.4) is 0 Å². The largest absolute Gasteiger partial charge is 0.474 e. The Bertz CT molecular complexity index is 568. The Balaban J connectivity index is 1.78. The number of rotatable bonds is 3. The maximum atomic E-state index is 5.80. The molecule has 0 amide bonds. The van der Waals surface area contributed by atoms with Gasteiger partial charge in [0.05, 0.1) is 17.0 Å². The average Bonchev–Trinajstić information content (AvgIpc) is 2.46. The quantitative estimate of drug-likeness (QED) is 0.855. The highest BCUT2D eigenvalue weighted by Gasteiger charge is 2.15. The molecule has 2 N–H and O–H groups in total. The fourth-order valence-electron chi connectivity index (χ4n) is 2.28. The first-order valence-corrected chi connectivity index (χ1v) is 6.57. The van der Waals surface area contributed by atoms with Crippen LogP contribution in [0.25, 0.3) is 10.9 Å². The van der Waals surface area contributed by atoms with E-state index >= 15 is 0 Å². The molecule has 2 aromatic rings. The lowest BCUT2D eigenvalue weighted by atomic mass is 10.1. The Morgan fingerprint density at radius 2 is 2.26 bits per heavy atom. The Hall–Kier alpha value is -1.88. The standard InChI is InChI=1S/C14H17N3O2/c15-10-4-5-13-12(7-10)14(17-9-16-13)19-8-11-3-1-2-6-18-11/h4-5,7,9,11H,1-3,6,8,15H2. The first kappa shape index (κ1) is 12.2. The molecule has 5 nitrogen and oxygen atoms in total. The van der Waals surface area contributed by atoms with Crippen molar-refractivity contribution in [2.75, 3.05) is 18.9 Å². The molecule has 5 heteroatoms. The molecule has 1 unspecified atom stereocenters. The molecular formula is C14H17N3O2. The van der Waals surface area contributed by atoms with Crippen LogP contribution in [0.4, 0.5) is 5.69 Å². The van der Waals surface area contributed by atoms with E-state index in [1.165, 1.54) is 12.7 Å². The molecule has 3 rings (SSSR count). The van der Waals surface area contributed by atoms with Crippen molar-refractivity contribution >= 4 is 16.6 Å². The molecule has 0 bridgehead atoms. The van der Waals surface area contributed by atoms with Crippen molar-refractivity contribution in [3.63, 3.8) is 0 Å². The number of benzene rings is 1. The maximum Gasteiger partial charge on any atom is 0.224 e. The van der Waals surface area contributed by atoms with Gasteiger partial charge in [-0.2, -0.15) is 0 Å². The molecule has 1 aliphatic rings. The summed E-state index contributed by atoms with van der Waals surface area (Å²) < 4.78 is 11.4. The summed E-state index contributed by atoms with van der Waals surface area (Å²) >= 11 is 0. The zero-order valence-electron chi connectivity index (χ0n) is 10.7. The summed E-state index contributed by atoms with van der Waals surface area (Å²) in [5.41, 5.74) is 7.31. The molecule has 0 aliphatic carbocycles. The summed E-state index contributed by atoms with van der Waals surface area (Å²) in [4.78, 5) is 8.39. The lowest BCUT2D eigenvalue weighted by molar-refractivity contribution is -0.0116. The minimum absolute atomic E-state index is 0.167. The number of anilines is 1. The summed E-state index contributed by atoms with van der Waals surface area (Å²) in [6.45, 7) is 1.35. The molecular weight excluding hydrogens is 242 g/mol.